The van der Waals surface area contributed by atoms with Crippen LogP contribution in [0.15, 0.2) is 18.2 Å². The van der Waals surface area contributed by atoms with E-state index in [-0.39, 0.29) is 24.3 Å². The molecule has 1 fully saturated rings. The van der Waals surface area contributed by atoms with Crippen molar-refractivity contribution < 1.29 is 13.5 Å². The summed E-state index contributed by atoms with van der Waals surface area (Å²) in [7, 11) is 0. The molecule has 0 spiro atoms. The molecular formula is C13H17F2NO. The summed E-state index contributed by atoms with van der Waals surface area (Å²) >= 11 is 0. The Kier molecular flexibility index (Phi) is 4.07. The van der Waals surface area contributed by atoms with E-state index < -0.39 is 11.6 Å². The highest BCUT2D eigenvalue weighted by molar-refractivity contribution is 5.17. The molecule has 0 bridgehead atoms. The van der Waals surface area contributed by atoms with Crippen molar-refractivity contribution in [3.8, 4) is 0 Å². The quantitative estimate of drug-likeness (QED) is 0.883. The molecule has 1 aromatic rings. The predicted molar refractivity (Wildman–Crippen MR) is 61.4 cm³/mol. The third-order valence-electron chi connectivity index (χ3n) is 3.20. The Morgan fingerprint density at radius 2 is 1.88 bits per heavy atom. The first-order valence-electron chi connectivity index (χ1n) is 5.96. The van der Waals surface area contributed by atoms with Gasteiger partial charge in [0.05, 0.1) is 12.7 Å². The lowest BCUT2D eigenvalue weighted by molar-refractivity contribution is 0.0124. The minimum atomic E-state index is -0.435. The van der Waals surface area contributed by atoms with E-state index in [4.69, 9.17) is 10.5 Å². The summed E-state index contributed by atoms with van der Waals surface area (Å²) in [5.41, 5.74) is 6.06. The largest absolute Gasteiger partial charge is 0.373 e. The Morgan fingerprint density at radius 3 is 2.59 bits per heavy atom. The topological polar surface area (TPSA) is 35.2 Å². The van der Waals surface area contributed by atoms with Gasteiger partial charge < -0.3 is 10.5 Å². The normalized spacial score (nSPS) is 24.9. The molecule has 2 rings (SSSR count). The van der Waals surface area contributed by atoms with Crippen LogP contribution in [0.4, 0.5) is 8.78 Å². The molecule has 4 heteroatoms. The van der Waals surface area contributed by atoms with E-state index in [0.29, 0.717) is 0 Å². The van der Waals surface area contributed by atoms with Crippen LogP contribution in [0.3, 0.4) is 0 Å². The second-order valence-corrected chi connectivity index (χ2v) is 4.58. The monoisotopic (exact) mass is 241 g/mol. The summed E-state index contributed by atoms with van der Waals surface area (Å²) in [6.45, 7) is 0.128. The first-order chi connectivity index (χ1) is 8.15. The van der Waals surface area contributed by atoms with Crippen molar-refractivity contribution in [2.75, 3.05) is 0 Å². The van der Waals surface area contributed by atoms with Gasteiger partial charge in [-0.1, -0.05) is 0 Å². The van der Waals surface area contributed by atoms with Gasteiger partial charge in [0.25, 0.3) is 0 Å². The maximum absolute atomic E-state index is 13.3. The average molecular weight is 241 g/mol. The van der Waals surface area contributed by atoms with Gasteiger partial charge in [-0.2, -0.15) is 0 Å². The molecule has 1 aliphatic rings. The van der Waals surface area contributed by atoms with E-state index in [0.717, 1.165) is 37.8 Å². The van der Waals surface area contributed by atoms with Crippen LogP contribution < -0.4 is 5.73 Å². The number of hydrogen-bond acceptors (Lipinski definition) is 2. The molecule has 0 aliphatic heterocycles. The molecule has 2 N–H and O–H groups in total. The van der Waals surface area contributed by atoms with E-state index in [2.05, 4.69) is 0 Å². The van der Waals surface area contributed by atoms with E-state index in [1.807, 2.05) is 0 Å². The summed E-state index contributed by atoms with van der Waals surface area (Å²) in [4.78, 5) is 0. The predicted octanol–water partition coefficient (Wildman–Crippen LogP) is 2.75. The highest BCUT2D eigenvalue weighted by Gasteiger charge is 2.19. The molecule has 0 aromatic heterocycles. The lowest BCUT2D eigenvalue weighted by atomic mass is 9.94. The van der Waals surface area contributed by atoms with Crippen molar-refractivity contribution in [2.24, 2.45) is 5.73 Å². The molecule has 1 saturated carbocycles. The van der Waals surface area contributed by atoms with Gasteiger partial charge in [0, 0.05) is 11.6 Å². The Balaban J connectivity index is 1.87. The van der Waals surface area contributed by atoms with Gasteiger partial charge in [-0.05, 0) is 43.9 Å². The zero-order valence-corrected chi connectivity index (χ0v) is 9.66. The van der Waals surface area contributed by atoms with E-state index >= 15 is 0 Å². The zero-order chi connectivity index (χ0) is 12.3. The van der Waals surface area contributed by atoms with Crippen molar-refractivity contribution in [3.05, 3.63) is 35.4 Å². The number of rotatable bonds is 3. The van der Waals surface area contributed by atoms with Crippen molar-refractivity contribution in [3.63, 3.8) is 0 Å². The van der Waals surface area contributed by atoms with E-state index in [1.54, 1.807) is 0 Å². The van der Waals surface area contributed by atoms with Crippen LogP contribution in [0.5, 0.6) is 0 Å². The summed E-state index contributed by atoms with van der Waals surface area (Å²) in [5, 5.41) is 0. The first kappa shape index (κ1) is 12.5. The Hall–Kier alpha value is -1.00. The molecule has 0 saturated heterocycles. The summed E-state index contributed by atoms with van der Waals surface area (Å²) in [5.74, 6) is -0.852. The molecule has 0 amide bonds. The number of halogens is 2. The summed E-state index contributed by atoms with van der Waals surface area (Å²) in [6.07, 6.45) is 3.81. The number of ether oxygens (including phenoxy) is 1. The number of nitrogens with two attached hydrogens (primary N) is 1. The molecule has 0 heterocycles. The zero-order valence-electron chi connectivity index (χ0n) is 9.66. The molecule has 2 nitrogen and oxygen atoms in total. The number of hydrogen-bond donors (Lipinski definition) is 1. The van der Waals surface area contributed by atoms with Crippen LogP contribution in [0.1, 0.15) is 31.2 Å². The second kappa shape index (κ2) is 5.56. The average Bonchev–Trinajstić information content (AvgIpc) is 2.32. The molecule has 17 heavy (non-hydrogen) atoms. The van der Waals surface area contributed by atoms with E-state index in [9.17, 15) is 8.78 Å². The smallest absolute Gasteiger partial charge is 0.128 e. The number of benzene rings is 1. The minimum Gasteiger partial charge on any atom is -0.373 e. The molecule has 0 unspecified atom stereocenters. The second-order valence-electron chi connectivity index (χ2n) is 4.58. The summed E-state index contributed by atoms with van der Waals surface area (Å²) < 4.78 is 31.8. The Morgan fingerprint density at radius 1 is 1.18 bits per heavy atom. The van der Waals surface area contributed by atoms with Crippen LogP contribution in [-0.4, -0.2) is 12.1 Å². The van der Waals surface area contributed by atoms with Crippen LogP contribution in [0, 0.1) is 11.6 Å². The van der Waals surface area contributed by atoms with Gasteiger partial charge in [0.1, 0.15) is 11.6 Å². The first-order valence-corrected chi connectivity index (χ1v) is 5.96. The van der Waals surface area contributed by atoms with Gasteiger partial charge in [-0.25, -0.2) is 8.78 Å². The highest BCUT2D eigenvalue weighted by Crippen LogP contribution is 2.21. The third kappa shape index (κ3) is 3.48. The SMILES string of the molecule is NC1CCC(OCc2cc(F)ccc2F)CC1. The maximum Gasteiger partial charge on any atom is 0.128 e. The lowest BCUT2D eigenvalue weighted by Crippen LogP contribution is -2.30. The van der Waals surface area contributed by atoms with Crippen LogP contribution in [0.2, 0.25) is 0 Å². The van der Waals surface area contributed by atoms with Crippen LogP contribution in [0.25, 0.3) is 0 Å². The van der Waals surface area contributed by atoms with Crippen molar-refractivity contribution in [1.29, 1.82) is 0 Å². The third-order valence-corrected chi connectivity index (χ3v) is 3.20. The van der Waals surface area contributed by atoms with Crippen molar-refractivity contribution in [1.82, 2.24) is 0 Å². The fraction of sp³-hybridized carbons (Fsp3) is 0.538. The van der Waals surface area contributed by atoms with Gasteiger partial charge in [-0.15, -0.1) is 0 Å². The highest BCUT2D eigenvalue weighted by atomic mass is 19.1. The van der Waals surface area contributed by atoms with Gasteiger partial charge in [0.2, 0.25) is 0 Å². The Bertz CT molecular complexity index is 376. The fourth-order valence-corrected chi connectivity index (χ4v) is 2.12. The standard InChI is InChI=1S/C13H17F2NO/c14-10-1-6-13(15)9(7-10)8-17-12-4-2-11(16)3-5-12/h1,6-7,11-12H,2-5,8,16H2. The molecule has 94 valence electrons. The molecule has 1 aliphatic carbocycles. The lowest BCUT2D eigenvalue weighted by Gasteiger charge is -2.26. The Labute approximate surface area is 99.8 Å². The van der Waals surface area contributed by atoms with E-state index in [1.165, 1.54) is 6.07 Å². The summed E-state index contributed by atoms with van der Waals surface area (Å²) in [6, 6.07) is 3.69. The fourth-order valence-electron chi connectivity index (χ4n) is 2.12. The van der Waals surface area contributed by atoms with Crippen molar-refractivity contribution in [2.45, 2.75) is 44.4 Å². The molecule has 0 radical (unpaired) electrons. The molecule has 1 aromatic carbocycles. The minimum absolute atomic E-state index is 0.123. The van der Waals surface area contributed by atoms with Crippen LogP contribution in [-0.2, 0) is 11.3 Å². The van der Waals surface area contributed by atoms with Crippen molar-refractivity contribution >= 4 is 0 Å². The van der Waals surface area contributed by atoms with Gasteiger partial charge in [-0.3, -0.25) is 0 Å². The van der Waals surface area contributed by atoms with Gasteiger partial charge >= 0.3 is 0 Å². The maximum atomic E-state index is 13.3. The van der Waals surface area contributed by atoms with Gasteiger partial charge in [0.15, 0.2) is 0 Å². The molecular weight excluding hydrogens is 224 g/mol. The van der Waals surface area contributed by atoms with Crippen LogP contribution >= 0.6 is 0 Å². The molecule has 0 atom stereocenters.